The van der Waals surface area contributed by atoms with E-state index in [0.29, 0.717) is 36.4 Å². The molecular formula is C12H19N3O4S. The summed E-state index contributed by atoms with van der Waals surface area (Å²) in [4.78, 5) is 23.6. The number of carboxylic acid groups (broad SMARTS) is 1. The largest absolute Gasteiger partial charge is 0.480 e. The Balaban J connectivity index is 2.65. The Labute approximate surface area is 121 Å². The second kappa shape index (κ2) is 8.60. The van der Waals surface area contributed by atoms with Gasteiger partial charge in [-0.05, 0) is 30.8 Å². The minimum absolute atomic E-state index is 0.324. The molecule has 112 valence electrons. The van der Waals surface area contributed by atoms with Gasteiger partial charge in [0.2, 0.25) is 0 Å². The second-order valence-corrected chi connectivity index (χ2v) is 5.05. The molecule has 0 spiro atoms. The van der Waals surface area contributed by atoms with Crippen LogP contribution in [0.5, 0.6) is 0 Å². The van der Waals surface area contributed by atoms with Gasteiger partial charge in [0.1, 0.15) is 10.9 Å². The Bertz CT molecular complexity index is 450. The van der Waals surface area contributed by atoms with Crippen molar-refractivity contribution in [1.82, 2.24) is 14.9 Å². The third kappa shape index (κ3) is 4.86. The van der Waals surface area contributed by atoms with Crippen molar-refractivity contribution in [1.29, 1.82) is 0 Å². The Kier molecular flexibility index (Phi) is 7.10. The van der Waals surface area contributed by atoms with Crippen LogP contribution in [0.3, 0.4) is 0 Å². The summed E-state index contributed by atoms with van der Waals surface area (Å²) in [6.45, 7) is 2.44. The first-order valence-electron chi connectivity index (χ1n) is 6.44. The summed E-state index contributed by atoms with van der Waals surface area (Å²) in [6, 6.07) is -0.922. The van der Waals surface area contributed by atoms with Gasteiger partial charge in [0.15, 0.2) is 0 Å². The van der Waals surface area contributed by atoms with Crippen molar-refractivity contribution in [2.75, 3.05) is 13.7 Å². The summed E-state index contributed by atoms with van der Waals surface area (Å²) >= 11 is 0.989. The SMILES string of the molecule is CCCc1nnsc1C(=O)NC(CCCOC)C(=O)O. The lowest BCUT2D eigenvalue weighted by molar-refractivity contribution is -0.139. The molecule has 0 bridgehead atoms. The first-order chi connectivity index (χ1) is 9.60. The number of hydrogen-bond acceptors (Lipinski definition) is 6. The minimum Gasteiger partial charge on any atom is -0.480 e. The van der Waals surface area contributed by atoms with Gasteiger partial charge < -0.3 is 15.2 Å². The van der Waals surface area contributed by atoms with Crippen LogP contribution in [0.2, 0.25) is 0 Å². The molecule has 1 amide bonds. The van der Waals surface area contributed by atoms with Gasteiger partial charge in [0.25, 0.3) is 5.91 Å². The molecule has 0 radical (unpaired) electrons. The van der Waals surface area contributed by atoms with Gasteiger partial charge in [-0.15, -0.1) is 5.10 Å². The van der Waals surface area contributed by atoms with Crippen LogP contribution in [0.1, 0.15) is 41.6 Å². The molecule has 2 N–H and O–H groups in total. The molecule has 0 saturated carbocycles. The fraction of sp³-hybridized carbons (Fsp3) is 0.667. The predicted octanol–water partition coefficient (Wildman–Crippen LogP) is 1.10. The molecule has 0 fully saturated rings. The summed E-state index contributed by atoms with van der Waals surface area (Å²) in [5.74, 6) is -1.47. The highest BCUT2D eigenvalue weighted by Gasteiger charge is 2.23. The quantitative estimate of drug-likeness (QED) is 0.662. The lowest BCUT2D eigenvalue weighted by Gasteiger charge is -2.13. The number of hydrogen-bond donors (Lipinski definition) is 2. The van der Waals surface area contributed by atoms with E-state index < -0.39 is 17.9 Å². The maximum atomic E-state index is 12.1. The number of ether oxygens (including phenoxy) is 1. The van der Waals surface area contributed by atoms with Crippen molar-refractivity contribution >= 4 is 23.4 Å². The van der Waals surface area contributed by atoms with Crippen molar-refractivity contribution in [3.8, 4) is 0 Å². The molecular weight excluding hydrogens is 282 g/mol. The van der Waals surface area contributed by atoms with E-state index in [1.165, 1.54) is 0 Å². The standard InChI is InChI=1S/C12H19N3O4S/c1-3-5-8-10(20-15-14-8)11(16)13-9(12(17)18)6-4-7-19-2/h9H,3-7H2,1-2H3,(H,13,16)(H,17,18). The van der Waals surface area contributed by atoms with E-state index in [1.807, 2.05) is 6.92 Å². The van der Waals surface area contributed by atoms with Crippen LogP contribution in [-0.2, 0) is 16.0 Å². The fourth-order valence-electron chi connectivity index (χ4n) is 1.69. The Morgan fingerprint density at radius 1 is 1.50 bits per heavy atom. The molecule has 0 aliphatic carbocycles. The zero-order valence-electron chi connectivity index (χ0n) is 11.6. The number of rotatable bonds is 9. The monoisotopic (exact) mass is 301 g/mol. The van der Waals surface area contributed by atoms with Gasteiger partial charge in [-0.3, -0.25) is 4.79 Å². The molecule has 1 unspecified atom stereocenters. The molecule has 1 atom stereocenters. The van der Waals surface area contributed by atoms with Crippen LogP contribution in [0.25, 0.3) is 0 Å². The van der Waals surface area contributed by atoms with E-state index in [2.05, 4.69) is 14.9 Å². The maximum Gasteiger partial charge on any atom is 0.326 e. The smallest absolute Gasteiger partial charge is 0.326 e. The number of amides is 1. The van der Waals surface area contributed by atoms with Crippen molar-refractivity contribution in [3.05, 3.63) is 10.6 Å². The van der Waals surface area contributed by atoms with Gasteiger partial charge in [-0.1, -0.05) is 17.8 Å². The summed E-state index contributed by atoms with van der Waals surface area (Å²) in [6.07, 6.45) is 2.39. The summed E-state index contributed by atoms with van der Waals surface area (Å²) < 4.78 is 8.63. The summed E-state index contributed by atoms with van der Waals surface area (Å²) in [5.41, 5.74) is 0.621. The van der Waals surface area contributed by atoms with Crippen molar-refractivity contribution < 1.29 is 19.4 Å². The van der Waals surface area contributed by atoms with Crippen LogP contribution in [-0.4, -0.2) is 46.3 Å². The Hall–Kier alpha value is -1.54. The number of methoxy groups -OCH3 is 1. The molecule has 7 nitrogen and oxygen atoms in total. The van der Waals surface area contributed by atoms with Gasteiger partial charge in [0, 0.05) is 13.7 Å². The zero-order chi connectivity index (χ0) is 15.0. The molecule has 1 rings (SSSR count). The third-order valence-electron chi connectivity index (χ3n) is 2.69. The highest BCUT2D eigenvalue weighted by Crippen LogP contribution is 2.13. The second-order valence-electron chi connectivity index (χ2n) is 4.30. The molecule has 1 heterocycles. The first-order valence-corrected chi connectivity index (χ1v) is 7.21. The number of carboxylic acids is 1. The van der Waals surface area contributed by atoms with Crippen LogP contribution in [0.15, 0.2) is 0 Å². The fourth-order valence-corrected chi connectivity index (χ4v) is 2.31. The van der Waals surface area contributed by atoms with E-state index in [0.717, 1.165) is 18.0 Å². The number of nitrogens with zero attached hydrogens (tertiary/aromatic N) is 2. The lowest BCUT2D eigenvalue weighted by Crippen LogP contribution is -2.40. The van der Waals surface area contributed by atoms with Crippen LogP contribution >= 0.6 is 11.5 Å². The van der Waals surface area contributed by atoms with Gasteiger partial charge in [-0.25, -0.2) is 4.79 Å². The normalized spacial score (nSPS) is 12.1. The number of carbonyl (C=O) groups is 2. The van der Waals surface area contributed by atoms with Gasteiger partial charge in [0.05, 0.1) is 5.69 Å². The Morgan fingerprint density at radius 3 is 2.85 bits per heavy atom. The molecule has 8 heteroatoms. The number of carbonyl (C=O) groups excluding carboxylic acids is 1. The molecule has 0 aliphatic rings. The third-order valence-corrected chi connectivity index (χ3v) is 3.46. The number of aliphatic carboxylic acids is 1. The molecule has 0 aliphatic heterocycles. The molecule has 0 saturated heterocycles. The van der Waals surface area contributed by atoms with E-state index in [1.54, 1.807) is 7.11 Å². The topological polar surface area (TPSA) is 101 Å². The van der Waals surface area contributed by atoms with Gasteiger partial charge in [-0.2, -0.15) is 0 Å². The summed E-state index contributed by atoms with van der Waals surface area (Å²) in [7, 11) is 1.55. The van der Waals surface area contributed by atoms with E-state index >= 15 is 0 Å². The summed E-state index contributed by atoms with van der Waals surface area (Å²) in [5, 5.41) is 15.5. The maximum absolute atomic E-state index is 12.1. The number of aryl methyl sites for hydroxylation is 1. The minimum atomic E-state index is -1.05. The zero-order valence-corrected chi connectivity index (χ0v) is 12.4. The van der Waals surface area contributed by atoms with Crippen molar-refractivity contribution in [3.63, 3.8) is 0 Å². The van der Waals surface area contributed by atoms with E-state index in [4.69, 9.17) is 9.84 Å². The van der Waals surface area contributed by atoms with Crippen LogP contribution < -0.4 is 5.32 Å². The average molecular weight is 301 g/mol. The van der Waals surface area contributed by atoms with Crippen molar-refractivity contribution in [2.45, 2.75) is 38.6 Å². The Morgan fingerprint density at radius 2 is 2.25 bits per heavy atom. The highest BCUT2D eigenvalue weighted by molar-refractivity contribution is 7.08. The number of nitrogens with one attached hydrogen (secondary N) is 1. The average Bonchev–Trinajstić information content (AvgIpc) is 2.86. The first kappa shape index (κ1) is 16.5. The van der Waals surface area contributed by atoms with Crippen molar-refractivity contribution in [2.24, 2.45) is 0 Å². The van der Waals surface area contributed by atoms with E-state index in [-0.39, 0.29) is 0 Å². The number of aromatic nitrogens is 2. The predicted molar refractivity (Wildman–Crippen MR) is 73.9 cm³/mol. The molecule has 20 heavy (non-hydrogen) atoms. The van der Waals surface area contributed by atoms with Gasteiger partial charge >= 0.3 is 5.97 Å². The molecule has 0 aromatic carbocycles. The highest BCUT2D eigenvalue weighted by atomic mass is 32.1. The van der Waals surface area contributed by atoms with Crippen LogP contribution in [0, 0.1) is 0 Å². The lowest BCUT2D eigenvalue weighted by atomic mass is 10.1. The molecule has 1 aromatic heterocycles. The van der Waals surface area contributed by atoms with E-state index in [9.17, 15) is 9.59 Å². The molecule has 1 aromatic rings. The van der Waals surface area contributed by atoms with Crippen LogP contribution in [0.4, 0.5) is 0 Å².